The molecule has 104 valence electrons. The van der Waals surface area contributed by atoms with Crippen LogP contribution < -0.4 is 11.1 Å². The third-order valence-electron chi connectivity index (χ3n) is 2.48. The Kier molecular flexibility index (Phi) is 4.11. The number of nitrogens with one attached hydrogen (secondary N) is 1. The van der Waals surface area contributed by atoms with Crippen molar-refractivity contribution in [3.05, 3.63) is 51.4 Å². The van der Waals surface area contributed by atoms with E-state index in [1.54, 1.807) is 13.0 Å². The molecule has 0 aliphatic heterocycles. The van der Waals surface area contributed by atoms with Gasteiger partial charge in [0.2, 0.25) is 0 Å². The molecule has 0 saturated heterocycles. The number of benzene rings is 1. The number of nitrogens with two attached hydrogens (primary N) is 1. The first-order valence-corrected chi connectivity index (χ1v) is 6.32. The molecule has 1 heterocycles. The summed E-state index contributed by atoms with van der Waals surface area (Å²) in [6.07, 6.45) is 0. The maximum Gasteiger partial charge on any atom is 0.255 e. The number of amides is 1. The van der Waals surface area contributed by atoms with Gasteiger partial charge >= 0.3 is 0 Å². The average molecular weight is 314 g/mol. The van der Waals surface area contributed by atoms with Crippen LogP contribution in [0.25, 0.3) is 0 Å². The first kappa shape index (κ1) is 14.6. The largest absolute Gasteiger partial charge is 0.384 e. The summed E-state index contributed by atoms with van der Waals surface area (Å²) in [6, 6.07) is 5.57. The van der Waals surface area contributed by atoms with E-state index < -0.39 is 11.7 Å². The van der Waals surface area contributed by atoms with Crippen molar-refractivity contribution >= 4 is 40.6 Å². The molecule has 0 atom stereocenters. The molecule has 1 aromatic heterocycles. The van der Waals surface area contributed by atoms with E-state index in [1.807, 2.05) is 0 Å². The quantitative estimate of drug-likeness (QED) is 0.831. The molecule has 2 aromatic rings. The van der Waals surface area contributed by atoms with E-state index in [9.17, 15) is 9.18 Å². The van der Waals surface area contributed by atoms with Crippen LogP contribution in [-0.4, -0.2) is 10.9 Å². The van der Waals surface area contributed by atoms with E-state index in [4.69, 9.17) is 28.9 Å². The van der Waals surface area contributed by atoms with E-state index in [1.165, 1.54) is 18.2 Å². The highest BCUT2D eigenvalue weighted by Crippen LogP contribution is 2.27. The molecular weight excluding hydrogens is 304 g/mol. The van der Waals surface area contributed by atoms with Gasteiger partial charge in [0.1, 0.15) is 5.82 Å². The molecule has 20 heavy (non-hydrogen) atoms. The summed E-state index contributed by atoms with van der Waals surface area (Å²) in [7, 11) is 0. The number of aromatic nitrogens is 1. The van der Waals surface area contributed by atoms with Gasteiger partial charge in [-0.2, -0.15) is 0 Å². The van der Waals surface area contributed by atoms with Gasteiger partial charge in [-0.25, -0.2) is 9.37 Å². The van der Waals surface area contributed by atoms with Gasteiger partial charge in [0.05, 0.1) is 10.0 Å². The van der Waals surface area contributed by atoms with Crippen molar-refractivity contribution in [1.29, 1.82) is 0 Å². The highest BCUT2D eigenvalue weighted by atomic mass is 35.5. The maximum absolute atomic E-state index is 13.3. The molecule has 2 rings (SSSR count). The third-order valence-corrected chi connectivity index (χ3v) is 3.03. The van der Waals surface area contributed by atoms with Crippen molar-refractivity contribution in [2.45, 2.75) is 6.92 Å². The summed E-state index contributed by atoms with van der Waals surface area (Å²) < 4.78 is 13.3. The first-order valence-electron chi connectivity index (χ1n) is 5.57. The van der Waals surface area contributed by atoms with E-state index in [2.05, 4.69) is 10.3 Å². The predicted octanol–water partition coefficient (Wildman–Crippen LogP) is 3.67. The van der Waals surface area contributed by atoms with Gasteiger partial charge in [-0.3, -0.25) is 4.79 Å². The lowest BCUT2D eigenvalue weighted by Gasteiger charge is -2.08. The zero-order chi connectivity index (χ0) is 14.9. The van der Waals surface area contributed by atoms with E-state index in [0.29, 0.717) is 16.9 Å². The molecule has 0 unspecified atom stereocenters. The van der Waals surface area contributed by atoms with Crippen LogP contribution in [0.1, 0.15) is 16.1 Å². The minimum Gasteiger partial charge on any atom is -0.384 e. The molecule has 3 N–H and O–H groups in total. The summed E-state index contributed by atoms with van der Waals surface area (Å²) in [5.74, 6) is -0.901. The number of carbonyl (C=O) groups is 1. The zero-order valence-electron chi connectivity index (χ0n) is 10.4. The Morgan fingerprint density at radius 3 is 2.40 bits per heavy atom. The number of hydrogen-bond acceptors (Lipinski definition) is 3. The summed E-state index contributed by atoms with van der Waals surface area (Å²) in [6.45, 7) is 1.72. The van der Waals surface area contributed by atoms with Gasteiger partial charge in [-0.15, -0.1) is 0 Å². The predicted molar refractivity (Wildman–Crippen MR) is 77.8 cm³/mol. The third kappa shape index (κ3) is 3.18. The molecular formula is C13H10Cl2FN3O. The van der Waals surface area contributed by atoms with Crippen molar-refractivity contribution in [2.75, 3.05) is 11.1 Å². The number of nitrogens with zero attached hydrogens (tertiary/aromatic N) is 1. The number of halogens is 3. The maximum atomic E-state index is 13.3. The molecule has 1 amide bonds. The van der Waals surface area contributed by atoms with Crippen molar-refractivity contribution in [3.63, 3.8) is 0 Å². The Hall–Kier alpha value is -1.85. The van der Waals surface area contributed by atoms with Gasteiger partial charge in [-0.05, 0) is 31.2 Å². The van der Waals surface area contributed by atoms with Gasteiger partial charge < -0.3 is 11.1 Å². The minimum absolute atomic E-state index is 0.168. The monoisotopic (exact) mass is 313 g/mol. The second-order valence-corrected chi connectivity index (χ2v) is 4.94. The summed E-state index contributed by atoms with van der Waals surface area (Å²) in [5, 5.41) is 2.23. The molecule has 0 saturated carbocycles. The van der Waals surface area contributed by atoms with Crippen LogP contribution in [-0.2, 0) is 0 Å². The summed E-state index contributed by atoms with van der Waals surface area (Å²) >= 11 is 11.3. The molecule has 0 bridgehead atoms. The second-order valence-electron chi connectivity index (χ2n) is 4.13. The molecule has 0 aliphatic carbocycles. The van der Waals surface area contributed by atoms with Crippen molar-refractivity contribution < 1.29 is 9.18 Å². The SMILES string of the molecule is Cc1cc(C(=O)Nc2cc(Cl)c(F)c(Cl)c2)cc(N)n1. The molecule has 7 heteroatoms. The fraction of sp³-hybridized carbons (Fsp3) is 0.0769. The van der Waals surface area contributed by atoms with Crippen LogP contribution in [0.2, 0.25) is 10.0 Å². The number of hydrogen-bond donors (Lipinski definition) is 2. The highest BCUT2D eigenvalue weighted by molar-refractivity contribution is 6.35. The number of carbonyl (C=O) groups excluding carboxylic acids is 1. The first-order chi connectivity index (χ1) is 9.36. The Labute approximate surface area is 124 Å². The van der Waals surface area contributed by atoms with Crippen molar-refractivity contribution in [3.8, 4) is 0 Å². The second kappa shape index (κ2) is 5.64. The van der Waals surface area contributed by atoms with E-state index in [-0.39, 0.29) is 15.9 Å². The Bertz CT molecular complexity index is 648. The molecule has 1 aromatic carbocycles. The van der Waals surface area contributed by atoms with Gasteiger partial charge in [0, 0.05) is 16.9 Å². The molecule has 4 nitrogen and oxygen atoms in total. The lowest BCUT2D eigenvalue weighted by Crippen LogP contribution is -2.13. The highest BCUT2D eigenvalue weighted by Gasteiger charge is 2.12. The van der Waals surface area contributed by atoms with E-state index >= 15 is 0 Å². The average Bonchev–Trinajstić information content (AvgIpc) is 2.34. The molecule has 0 radical (unpaired) electrons. The molecule has 0 spiro atoms. The number of aryl methyl sites for hydroxylation is 1. The standard InChI is InChI=1S/C13H10Cl2FN3O/c1-6-2-7(3-11(17)18-6)13(20)19-8-4-9(14)12(16)10(15)5-8/h2-5H,1H3,(H2,17,18)(H,19,20). The van der Waals surface area contributed by atoms with Crippen LogP contribution in [0.4, 0.5) is 15.9 Å². The van der Waals surface area contributed by atoms with Crippen LogP contribution in [0, 0.1) is 12.7 Å². The fourth-order valence-corrected chi connectivity index (χ4v) is 2.14. The van der Waals surface area contributed by atoms with E-state index in [0.717, 1.165) is 0 Å². The number of rotatable bonds is 2. The fourth-order valence-electron chi connectivity index (χ4n) is 1.66. The topological polar surface area (TPSA) is 68.0 Å². The van der Waals surface area contributed by atoms with Crippen LogP contribution in [0.5, 0.6) is 0 Å². The zero-order valence-corrected chi connectivity index (χ0v) is 11.9. The van der Waals surface area contributed by atoms with Gasteiger partial charge in [-0.1, -0.05) is 23.2 Å². The summed E-state index contributed by atoms with van der Waals surface area (Å²) in [5.41, 5.74) is 6.82. The van der Waals surface area contributed by atoms with Crippen LogP contribution >= 0.6 is 23.2 Å². The number of nitrogen functional groups attached to an aromatic ring is 1. The Morgan fingerprint density at radius 1 is 1.25 bits per heavy atom. The van der Waals surface area contributed by atoms with Crippen LogP contribution in [0.15, 0.2) is 24.3 Å². The Morgan fingerprint density at radius 2 is 1.85 bits per heavy atom. The molecule has 0 fully saturated rings. The van der Waals surface area contributed by atoms with Crippen molar-refractivity contribution in [1.82, 2.24) is 4.98 Å². The number of pyridine rings is 1. The van der Waals surface area contributed by atoms with Crippen LogP contribution in [0.3, 0.4) is 0 Å². The van der Waals surface area contributed by atoms with Crippen molar-refractivity contribution in [2.24, 2.45) is 0 Å². The Balaban J connectivity index is 2.28. The smallest absolute Gasteiger partial charge is 0.255 e. The lowest BCUT2D eigenvalue weighted by molar-refractivity contribution is 0.102. The lowest BCUT2D eigenvalue weighted by atomic mass is 10.2. The summed E-state index contributed by atoms with van der Waals surface area (Å²) in [4.78, 5) is 16.0. The van der Waals surface area contributed by atoms with Gasteiger partial charge in [0.15, 0.2) is 5.82 Å². The number of anilines is 2. The normalized spacial score (nSPS) is 10.4. The van der Waals surface area contributed by atoms with Gasteiger partial charge in [0.25, 0.3) is 5.91 Å². The minimum atomic E-state index is -0.727. The molecule has 0 aliphatic rings.